The van der Waals surface area contributed by atoms with Crippen LogP contribution in [0.25, 0.3) is 22.3 Å². The van der Waals surface area contributed by atoms with Crippen LogP contribution in [0, 0.1) is 0 Å². The summed E-state index contributed by atoms with van der Waals surface area (Å²) in [6.45, 7) is 5.66. The van der Waals surface area contributed by atoms with E-state index in [2.05, 4.69) is 21.9 Å². The molecule has 22 heavy (non-hydrogen) atoms. The van der Waals surface area contributed by atoms with E-state index < -0.39 is 0 Å². The third kappa shape index (κ3) is 2.73. The van der Waals surface area contributed by atoms with Crippen LogP contribution in [0.2, 0.25) is 0 Å². The van der Waals surface area contributed by atoms with Gasteiger partial charge in [-0.05, 0) is 19.1 Å². The predicted molar refractivity (Wildman–Crippen MR) is 90.7 cm³/mol. The van der Waals surface area contributed by atoms with Crippen molar-refractivity contribution < 1.29 is 4.74 Å². The topological polar surface area (TPSA) is 67.0 Å². The number of allylic oxidation sites excluding steroid dienone is 1. The molecule has 2 aromatic heterocycles. The number of thiazole rings is 1. The maximum absolute atomic E-state index is 12.2. The van der Waals surface area contributed by atoms with Gasteiger partial charge in [-0.2, -0.15) is 0 Å². The largest absolute Gasteiger partial charge is 0.497 e. The quantitative estimate of drug-likeness (QED) is 0.772. The lowest BCUT2D eigenvalue weighted by molar-refractivity contribution is 0.415. The van der Waals surface area contributed by atoms with Gasteiger partial charge < -0.3 is 15.0 Å². The van der Waals surface area contributed by atoms with Crippen molar-refractivity contribution in [1.82, 2.24) is 9.97 Å². The molecule has 0 aliphatic heterocycles. The maximum atomic E-state index is 12.2. The number of benzene rings is 1. The van der Waals surface area contributed by atoms with E-state index >= 15 is 0 Å². The molecule has 0 saturated heterocycles. The molecule has 2 heterocycles. The van der Waals surface area contributed by atoms with Crippen LogP contribution >= 0.6 is 11.3 Å². The molecule has 3 aromatic rings. The first-order valence-corrected chi connectivity index (χ1v) is 7.54. The molecule has 0 radical (unpaired) electrons. The number of nitrogens with zero attached hydrogens (tertiary/aromatic N) is 1. The summed E-state index contributed by atoms with van der Waals surface area (Å²) in [5.41, 5.74) is 2.89. The number of pyridine rings is 1. The molecule has 0 aliphatic carbocycles. The van der Waals surface area contributed by atoms with Crippen LogP contribution < -0.4 is 15.5 Å². The van der Waals surface area contributed by atoms with E-state index in [0.717, 1.165) is 22.0 Å². The zero-order valence-corrected chi connectivity index (χ0v) is 13.1. The summed E-state index contributed by atoms with van der Waals surface area (Å²) in [6, 6.07) is 6.90. The van der Waals surface area contributed by atoms with E-state index in [1.54, 1.807) is 31.4 Å². The fourth-order valence-electron chi connectivity index (χ4n) is 2.13. The van der Waals surface area contributed by atoms with Gasteiger partial charge in [-0.25, -0.2) is 4.98 Å². The predicted octanol–water partition coefficient (Wildman–Crippen LogP) is 3.61. The number of fused-ring (bicyclic) bond motifs is 1. The zero-order chi connectivity index (χ0) is 15.7. The lowest BCUT2D eigenvalue weighted by atomic mass is 10.1. The number of H-pyrrole nitrogens is 1. The lowest BCUT2D eigenvalue weighted by Gasteiger charge is -2.04. The first-order chi connectivity index (χ1) is 10.6. The van der Waals surface area contributed by atoms with Gasteiger partial charge in [-0.1, -0.05) is 6.58 Å². The molecule has 1 aromatic carbocycles. The number of ether oxygens (including phenoxy) is 1. The second-order valence-corrected chi connectivity index (χ2v) is 5.76. The van der Waals surface area contributed by atoms with Crippen molar-refractivity contribution in [2.45, 2.75) is 6.92 Å². The highest BCUT2D eigenvalue weighted by atomic mass is 32.1. The van der Waals surface area contributed by atoms with E-state index in [9.17, 15) is 4.79 Å². The summed E-state index contributed by atoms with van der Waals surface area (Å²) in [6.07, 6.45) is 0. The third-order valence-corrected chi connectivity index (χ3v) is 3.90. The van der Waals surface area contributed by atoms with Crippen LogP contribution in [0.1, 0.15) is 6.92 Å². The van der Waals surface area contributed by atoms with E-state index in [0.29, 0.717) is 16.8 Å². The van der Waals surface area contributed by atoms with Gasteiger partial charge >= 0.3 is 0 Å². The number of hydrogen-bond acceptors (Lipinski definition) is 5. The Labute approximate surface area is 131 Å². The van der Waals surface area contributed by atoms with Gasteiger partial charge in [-0.15, -0.1) is 11.3 Å². The van der Waals surface area contributed by atoms with E-state index in [1.165, 1.54) is 11.3 Å². The summed E-state index contributed by atoms with van der Waals surface area (Å²) in [7, 11) is 1.60. The third-order valence-electron chi connectivity index (χ3n) is 3.14. The molecule has 0 unspecified atom stereocenters. The number of methoxy groups -OCH3 is 1. The molecule has 6 heteroatoms. The Hall–Kier alpha value is -2.60. The summed E-state index contributed by atoms with van der Waals surface area (Å²) in [5.74, 6) is 0.697. The molecule has 112 valence electrons. The number of aromatic amines is 1. The van der Waals surface area contributed by atoms with Crippen molar-refractivity contribution in [2.75, 3.05) is 12.4 Å². The Morgan fingerprint density at radius 1 is 1.41 bits per heavy atom. The molecular weight excluding hydrogens is 298 g/mol. The first kappa shape index (κ1) is 14.3. The Balaban J connectivity index is 2.08. The fraction of sp³-hybridized carbons (Fsp3) is 0.125. The van der Waals surface area contributed by atoms with Crippen LogP contribution in [0.3, 0.4) is 0 Å². The molecular formula is C16H15N3O2S. The standard InChI is InChI=1S/C16H15N3O2S/c1-9(2)17-16-19-14(8-22-16)13-7-15(20)11-5-4-10(21-3)6-12(11)18-13/h4-8H,1H2,2-3H3,(H,17,19)(H,18,20). The lowest BCUT2D eigenvalue weighted by Crippen LogP contribution is -2.03. The molecule has 0 spiro atoms. The van der Waals surface area contributed by atoms with E-state index in [-0.39, 0.29) is 5.43 Å². The van der Waals surface area contributed by atoms with Crippen LogP contribution in [-0.2, 0) is 0 Å². The molecule has 0 saturated carbocycles. The average molecular weight is 313 g/mol. The molecule has 2 N–H and O–H groups in total. The van der Waals surface area contributed by atoms with Crippen LogP contribution in [0.5, 0.6) is 5.75 Å². The Morgan fingerprint density at radius 2 is 2.23 bits per heavy atom. The number of rotatable bonds is 4. The first-order valence-electron chi connectivity index (χ1n) is 6.66. The van der Waals surface area contributed by atoms with Crippen molar-refractivity contribution in [1.29, 1.82) is 0 Å². The number of hydrogen-bond donors (Lipinski definition) is 2. The van der Waals surface area contributed by atoms with Crippen LogP contribution in [0.15, 0.2) is 46.7 Å². The highest BCUT2D eigenvalue weighted by molar-refractivity contribution is 7.14. The van der Waals surface area contributed by atoms with Gasteiger partial charge in [0.2, 0.25) is 0 Å². The van der Waals surface area contributed by atoms with Gasteiger partial charge in [0.1, 0.15) is 5.75 Å². The monoisotopic (exact) mass is 313 g/mol. The van der Waals surface area contributed by atoms with Gasteiger partial charge in [0.05, 0.1) is 24.0 Å². The minimum Gasteiger partial charge on any atom is -0.497 e. The molecule has 0 aliphatic rings. The Morgan fingerprint density at radius 3 is 2.95 bits per heavy atom. The second-order valence-electron chi connectivity index (χ2n) is 4.90. The normalized spacial score (nSPS) is 10.6. The minimum absolute atomic E-state index is 0.0474. The van der Waals surface area contributed by atoms with Crippen LogP contribution in [0.4, 0.5) is 5.13 Å². The number of aromatic nitrogens is 2. The zero-order valence-electron chi connectivity index (χ0n) is 12.3. The molecule has 0 atom stereocenters. The van der Waals surface area contributed by atoms with E-state index in [4.69, 9.17) is 4.74 Å². The fourth-order valence-corrected chi connectivity index (χ4v) is 2.92. The van der Waals surface area contributed by atoms with Crippen LogP contribution in [-0.4, -0.2) is 17.1 Å². The SMILES string of the molecule is C=C(C)Nc1nc(-c2cc(=O)c3ccc(OC)cc3[nH]2)cs1. The van der Waals surface area contributed by atoms with Gasteiger partial charge in [0.25, 0.3) is 0 Å². The Kier molecular flexibility index (Phi) is 3.68. The molecule has 0 fully saturated rings. The van der Waals surface area contributed by atoms with Crippen molar-refractivity contribution in [2.24, 2.45) is 0 Å². The number of nitrogens with one attached hydrogen (secondary N) is 2. The van der Waals surface area contributed by atoms with Gasteiger partial charge in [-0.3, -0.25) is 4.79 Å². The average Bonchev–Trinajstić information content (AvgIpc) is 2.94. The smallest absolute Gasteiger partial charge is 0.190 e. The molecule has 0 amide bonds. The second kappa shape index (κ2) is 5.65. The highest BCUT2D eigenvalue weighted by Crippen LogP contribution is 2.25. The maximum Gasteiger partial charge on any atom is 0.190 e. The molecule has 5 nitrogen and oxygen atoms in total. The molecule has 3 rings (SSSR count). The molecule has 0 bridgehead atoms. The van der Waals surface area contributed by atoms with Crippen molar-refractivity contribution in [3.8, 4) is 17.1 Å². The summed E-state index contributed by atoms with van der Waals surface area (Å²) >= 11 is 1.46. The summed E-state index contributed by atoms with van der Waals surface area (Å²) < 4.78 is 5.20. The number of anilines is 1. The van der Waals surface area contributed by atoms with Gasteiger partial charge in [0, 0.05) is 28.6 Å². The highest BCUT2D eigenvalue weighted by Gasteiger charge is 2.09. The van der Waals surface area contributed by atoms with Crippen molar-refractivity contribution in [3.63, 3.8) is 0 Å². The summed E-state index contributed by atoms with van der Waals surface area (Å²) in [4.78, 5) is 19.9. The van der Waals surface area contributed by atoms with Crippen molar-refractivity contribution >= 4 is 27.4 Å². The minimum atomic E-state index is -0.0474. The summed E-state index contributed by atoms with van der Waals surface area (Å²) in [5, 5.41) is 6.33. The Bertz CT molecular complexity index is 911. The van der Waals surface area contributed by atoms with E-state index in [1.807, 2.05) is 12.3 Å². The van der Waals surface area contributed by atoms with Gasteiger partial charge in [0.15, 0.2) is 10.6 Å². The van der Waals surface area contributed by atoms with Crippen molar-refractivity contribution in [3.05, 3.63) is 52.1 Å².